The maximum atomic E-state index is 13.0. The molecule has 0 aliphatic carbocycles. The molecule has 1 aliphatic rings. The van der Waals surface area contributed by atoms with Gasteiger partial charge in [0.05, 0.1) is 12.0 Å². The molecule has 2 aromatic rings. The molecule has 0 spiro atoms. The number of halogens is 1. The van der Waals surface area contributed by atoms with Crippen LogP contribution in [-0.4, -0.2) is 58.9 Å². The molecule has 27 heavy (non-hydrogen) atoms. The molecule has 6 nitrogen and oxygen atoms in total. The number of piperazine rings is 1. The van der Waals surface area contributed by atoms with Crippen LogP contribution in [0.3, 0.4) is 0 Å². The molecule has 7 heteroatoms. The van der Waals surface area contributed by atoms with Gasteiger partial charge in [-0.2, -0.15) is 0 Å². The van der Waals surface area contributed by atoms with Crippen LogP contribution < -0.4 is 0 Å². The fraction of sp³-hybridized carbons (Fsp3) is 0.250. The summed E-state index contributed by atoms with van der Waals surface area (Å²) in [6, 6.07) is 11.8. The van der Waals surface area contributed by atoms with E-state index in [2.05, 4.69) is 0 Å². The second-order valence-electron chi connectivity index (χ2n) is 6.32. The Bertz CT molecular complexity index is 859. The van der Waals surface area contributed by atoms with Gasteiger partial charge in [-0.15, -0.1) is 0 Å². The van der Waals surface area contributed by atoms with E-state index in [0.29, 0.717) is 37.3 Å². The van der Waals surface area contributed by atoms with E-state index in [4.69, 9.17) is 0 Å². The van der Waals surface area contributed by atoms with Gasteiger partial charge in [0.15, 0.2) is 0 Å². The fourth-order valence-corrected chi connectivity index (χ4v) is 3.09. The second kappa shape index (κ2) is 7.99. The monoisotopic (exact) mass is 370 g/mol. The van der Waals surface area contributed by atoms with Crippen molar-refractivity contribution in [3.05, 3.63) is 71.0 Å². The van der Waals surface area contributed by atoms with E-state index in [1.807, 2.05) is 0 Å². The first-order valence-corrected chi connectivity index (χ1v) is 8.59. The Kier molecular flexibility index (Phi) is 5.49. The third-order valence-electron chi connectivity index (χ3n) is 4.60. The summed E-state index contributed by atoms with van der Waals surface area (Å²) in [5.74, 6) is -1.83. The van der Waals surface area contributed by atoms with Gasteiger partial charge < -0.3 is 14.9 Å². The number of rotatable bonds is 4. The second-order valence-corrected chi connectivity index (χ2v) is 6.32. The van der Waals surface area contributed by atoms with Crippen LogP contribution in [0.1, 0.15) is 26.3 Å². The highest BCUT2D eigenvalue weighted by Crippen LogP contribution is 2.14. The maximum Gasteiger partial charge on any atom is 0.335 e. The first-order valence-electron chi connectivity index (χ1n) is 8.59. The van der Waals surface area contributed by atoms with Crippen LogP contribution in [0.5, 0.6) is 0 Å². The lowest BCUT2D eigenvalue weighted by Crippen LogP contribution is -2.51. The van der Waals surface area contributed by atoms with E-state index < -0.39 is 11.8 Å². The Morgan fingerprint density at radius 2 is 1.48 bits per heavy atom. The first kappa shape index (κ1) is 18.6. The summed E-state index contributed by atoms with van der Waals surface area (Å²) < 4.78 is 13.0. The van der Waals surface area contributed by atoms with Gasteiger partial charge in [-0.1, -0.05) is 18.2 Å². The topological polar surface area (TPSA) is 77.9 Å². The van der Waals surface area contributed by atoms with Gasteiger partial charge in [-0.05, 0) is 35.9 Å². The molecular formula is C20H19FN2O4. The van der Waals surface area contributed by atoms with E-state index in [1.54, 1.807) is 28.0 Å². The Morgan fingerprint density at radius 3 is 2.11 bits per heavy atom. The lowest BCUT2D eigenvalue weighted by atomic mass is 10.0. The molecule has 0 bridgehead atoms. The molecule has 2 amide bonds. The van der Waals surface area contributed by atoms with Crippen molar-refractivity contribution in [1.82, 2.24) is 9.80 Å². The number of amides is 2. The van der Waals surface area contributed by atoms with E-state index in [-0.39, 0.29) is 23.8 Å². The number of carboxylic acid groups (broad SMARTS) is 1. The zero-order valence-corrected chi connectivity index (χ0v) is 14.6. The number of benzene rings is 2. The highest BCUT2D eigenvalue weighted by Gasteiger charge is 2.25. The molecule has 0 saturated carbocycles. The third-order valence-corrected chi connectivity index (χ3v) is 4.60. The van der Waals surface area contributed by atoms with Crippen LogP contribution >= 0.6 is 0 Å². The summed E-state index contributed by atoms with van der Waals surface area (Å²) in [6.07, 6.45) is 0.00832. The molecule has 0 atom stereocenters. The summed E-state index contributed by atoms with van der Waals surface area (Å²) in [4.78, 5) is 39.5. The summed E-state index contributed by atoms with van der Waals surface area (Å²) in [5, 5.41) is 9.22. The average molecular weight is 370 g/mol. The molecule has 1 N–H and O–H groups in total. The van der Waals surface area contributed by atoms with E-state index >= 15 is 0 Å². The molecular weight excluding hydrogens is 351 g/mol. The Morgan fingerprint density at radius 1 is 0.889 bits per heavy atom. The lowest BCUT2D eigenvalue weighted by molar-refractivity contribution is -0.131. The van der Waals surface area contributed by atoms with Crippen molar-refractivity contribution in [2.75, 3.05) is 26.2 Å². The molecule has 0 unspecified atom stereocenters. The average Bonchev–Trinajstić information content (AvgIpc) is 2.68. The minimum Gasteiger partial charge on any atom is -0.478 e. The van der Waals surface area contributed by atoms with Crippen molar-refractivity contribution in [2.24, 2.45) is 0 Å². The third kappa shape index (κ3) is 4.31. The molecule has 2 aromatic carbocycles. The minimum absolute atomic E-state index is 0.00832. The van der Waals surface area contributed by atoms with Crippen molar-refractivity contribution < 1.29 is 23.9 Å². The zero-order chi connectivity index (χ0) is 19.4. The number of hydrogen-bond donors (Lipinski definition) is 1. The number of nitrogens with zero attached hydrogens (tertiary/aromatic N) is 2. The predicted octanol–water partition coefficient (Wildman–Crippen LogP) is 2.05. The Labute approximate surface area is 155 Å². The Hall–Kier alpha value is -3.22. The highest BCUT2D eigenvalue weighted by molar-refractivity contribution is 5.94. The van der Waals surface area contributed by atoms with Gasteiger partial charge >= 0.3 is 5.97 Å². The van der Waals surface area contributed by atoms with Gasteiger partial charge in [0, 0.05) is 31.7 Å². The van der Waals surface area contributed by atoms with Gasteiger partial charge in [-0.3, -0.25) is 9.59 Å². The zero-order valence-electron chi connectivity index (χ0n) is 14.6. The van der Waals surface area contributed by atoms with Crippen molar-refractivity contribution >= 4 is 17.8 Å². The largest absolute Gasteiger partial charge is 0.478 e. The first-order chi connectivity index (χ1) is 13.0. The number of aromatic carboxylic acids is 1. The van der Waals surface area contributed by atoms with Crippen LogP contribution in [0.25, 0.3) is 0 Å². The van der Waals surface area contributed by atoms with Gasteiger partial charge in [-0.25, -0.2) is 9.18 Å². The van der Waals surface area contributed by atoms with Gasteiger partial charge in [0.25, 0.3) is 5.91 Å². The van der Waals surface area contributed by atoms with Crippen LogP contribution in [0, 0.1) is 5.82 Å². The summed E-state index contributed by atoms with van der Waals surface area (Å²) >= 11 is 0. The van der Waals surface area contributed by atoms with Crippen LogP contribution in [-0.2, 0) is 11.2 Å². The summed E-state index contributed by atoms with van der Waals surface area (Å²) in [5.41, 5.74) is 1.00. The number of carbonyl (C=O) groups is 3. The SMILES string of the molecule is O=C(O)c1ccccc1CC(=O)N1CCN(C(=O)c2ccc(F)cc2)CC1. The smallest absolute Gasteiger partial charge is 0.335 e. The molecule has 1 fully saturated rings. The molecule has 140 valence electrons. The lowest BCUT2D eigenvalue weighted by Gasteiger charge is -2.35. The molecule has 3 rings (SSSR count). The number of carboxylic acids is 1. The van der Waals surface area contributed by atoms with E-state index in [9.17, 15) is 23.9 Å². The number of carbonyl (C=O) groups excluding carboxylic acids is 2. The van der Waals surface area contributed by atoms with Crippen molar-refractivity contribution in [3.63, 3.8) is 0 Å². The Balaban J connectivity index is 1.59. The van der Waals surface area contributed by atoms with Crippen LogP contribution in [0.4, 0.5) is 4.39 Å². The van der Waals surface area contributed by atoms with Gasteiger partial charge in [0.1, 0.15) is 5.82 Å². The molecule has 1 saturated heterocycles. The standard InChI is InChI=1S/C20H19FN2O4/c21-16-7-5-14(6-8-16)19(25)23-11-9-22(10-12-23)18(24)13-15-3-1-2-4-17(15)20(26)27/h1-8H,9-13H2,(H,26,27). The van der Waals surface area contributed by atoms with Crippen molar-refractivity contribution in [1.29, 1.82) is 0 Å². The van der Waals surface area contributed by atoms with Crippen molar-refractivity contribution in [3.8, 4) is 0 Å². The molecule has 1 aliphatic heterocycles. The summed E-state index contributed by atoms with van der Waals surface area (Å²) in [6.45, 7) is 1.51. The van der Waals surface area contributed by atoms with E-state index in [0.717, 1.165) is 0 Å². The summed E-state index contributed by atoms with van der Waals surface area (Å²) in [7, 11) is 0. The van der Waals surface area contributed by atoms with Gasteiger partial charge in [0.2, 0.25) is 5.91 Å². The maximum absolute atomic E-state index is 13.0. The highest BCUT2D eigenvalue weighted by atomic mass is 19.1. The normalized spacial score (nSPS) is 14.1. The molecule has 0 aromatic heterocycles. The van der Waals surface area contributed by atoms with Crippen molar-refractivity contribution in [2.45, 2.75) is 6.42 Å². The van der Waals surface area contributed by atoms with E-state index in [1.165, 1.54) is 30.3 Å². The predicted molar refractivity (Wildman–Crippen MR) is 96.0 cm³/mol. The minimum atomic E-state index is -1.06. The quantitative estimate of drug-likeness (QED) is 0.894. The fourth-order valence-electron chi connectivity index (χ4n) is 3.09. The van der Waals surface area contributed by atoms with Crippen LogP contribution in [0.15, 0.2) is 48.5 Å². The molecule has 1 heterocycles. The molecule has 0 radical (unpaired) electrons. The number of hydrogen-bond acceptors (Lipinski definition) is 3. The van der Waals surface area contributed by atoms with Crippen LogP contribution in [0.2, 0.25) is 0 Å².